The number of rotatable bonds is 7. The van der Waals surface area contributed by atoms with Crippen LogP contribution in [-0.2, 0) is 13.6 Å². The Morgan fingerprint density at radius 1 is 1.03 bits per heavy atom. The maximum atomic E-state index is 12.6. The number of aliphatic hydroxyl groups is 2. The lowest BCUT2D eigenvalue weighted by Gasteiger charge is -2.42. The zero-order valence-corrected chi connectivity index (χ0v) is 27.1. The minimum absolute atomic E-state index is 0.00804. The van der Waals surface area contributed by atoms with Gasteiger partial charge in [0.15, 0.2) is 22.9 Å². The molecule has 1 amide bonds. The van der Waals surface area contributed by atoms with Crippen LogP contribution in [0.15, 0.2) is 47.6 Å². The van der Waals surface area contributed by atoms with Crippen LogP contribution < -0.4 is 5.32 Å². The van der Waals surface area contributed by atoms with Crippen LogP contribution in [0.2, 0.25) is 36.3 Å². The molecule has 2 heterocycles. The molecule has 0 aromatic heterocycles. The first-order valence-corrected chi connectivity index (χ1v) is 19.4. The Morgan fingerprint density at radius 3 is 2.15 bits per heavy atom. The molecule has 3 N–H and O–H groups in total. The van der Waals surface area contributed by atoms with E-state index in [1.807, 2.05) is 6.07 Å². The number of nitrogens with zero attached hydrogens (tertiary/aromatic N) is 2. The largest absolute Gasteiger partial charge is 0.414 e. The number of amides is 1. The number of nitrogens with one attached hydrogen (secondary N) is 1. The Labute approximate surface area is 235 Å². The number of aliphatic imine (C=N–C) groups is 1. The zero-order chi connectivity index (χ0) is 29.4. The molecule has 0 bridgehead atoms. The number of amidine groups is 1. The fourth-order valence-electron chi connectivity index (χ4n) is 3.78. The molecular weight excluding hydrogens is 530 g/mol. The Morgan fingerprint density at radius 2 is 1.62 bits per heavy atom. The van der Waals surface area contributed by atoms with Gasteiger partial charge in [0.2, 0.25) is 6.35 Å². The van der Waals surface area contributed by atoms with E-state index in [1.54, 1.807) is 36.5 Å². The number of carbonyl (C=O) groups excluding carboxylic acids is 1. The smallest absolute Gasteiger partial charge is 0.256 e. The normalized spacial score (nSPS) is 26.5. The second-order valence-electron chi connectivity index (χ2n) is 13.4. The highest BCUT2D eigenvalue weighted by atomic mass is 28.4. The molecule has 2 aliphatic heterocycles. The molecule has 0 saturated carbocycles. The first-order valence-electron chi connectivity index (χ1n) is 13.6. The molecular formula is C28H47N3O6Si2. The summed E-state index contributed by atoms with van der Waals surface area (Å²) in [6.45, 7) is 21.7. The summed E-state index contributed by atoms with van der Waals surface area (Å²) in [6, 6.07) is 8.79. The Bertz CT molecular complexity index is 1070. The number of carbonyl (C=O) groups is 1. The molecule has 0 spiro atoms. The van der Waals surface area contributed by atoms with Gasteiger partial charge >= 0.3 is 0 Å². The molecule has 0 aliphatic carbocycles. The molecule has 9 nitrogen and oxygen atoms in total. The molecule has 218 valence electrons. The topological polar surface area (TPSA) is 113 Å². The van der Waals surface area contributed by atoms with Crippen LogP contribution in [0, 0.1) is 0 Å². The highest BCUT2D eigenvalue weighted by molar-refractivity contribution is 6.74. The fraction of sp³-hybridized carbons (Fsp3) is 0.643. The third kappa shape index (κ3) is 7.26. The van der Waals surface area contributed by atoms with Gasteiger partial charge in [0.05, 0.1) is 6.61 Å². The first-order chi connectivity index (χ1) is 17.8. The molecule has 3 unspecified atom stereocenters. The molecule has 1 aromatic rings. The lowest BCUT2D eigenvalue weighted by Crippen LogP contribution is -2.54. The quantitative estimate of drug-likeness (QED) is 0.411. The van der Waals surface area contributed by atoms with Crippen molar-refractivity contribution in [2.75, 3.05) is 6.61 Å². The van der Waals surface area contributed by atoms with Crippen LogP contribution in [0.3, 0.4) is 0 Å². The average molecular weight is 578 g/mol. The molecule has 2 aliphatic rings. The number of hydrogen-bond acceptors (Lipinski definition) is 8. The van der Waals surface area contributed by atoms with Crippen LogP contribution >= 0.6 is 0 Å². The van der Waals surface area contributed by atoms with Crippen LogP contribution in [0.1, 0.15) is 51.9 Å². The fourth-order valence-corrected chi connectivity index (χ4v) is 6.09. The predicted molar refractivity (Wildman–Crippen MR) is 158 cm³/mol. The summed E-state index contributed by atoms with van der Waals surface area (Å²) in [4.78, 5) is 18.4. The average Bonchev–Trinajstić information content (AvgIpc) is 3.11. The number of benzene rings is 1. The Hall–Kier alpha value is -1.87. The van der Waals surface area contributed by atoms with E-state index < -0.39 is 47.5 Å². The van der Waals surface area contributed by atoms with Crippen molar-refractivity contribution in [2.45, 2.75) is 109 Å². The number of hydrogen-bond donors (Lipinski definition) is 3. The van der Waals surface area contributed by atoms with Crippen molar-refractivity contribution in [3.8, 4) is 0 Å². The van der Waals surface area contributed by atoms with E-state index >= 15 is 0 Å². The number of ether oxygens (including phenoxy) is 1. The van der Waals surface area contributed by atoms with E-state index in [9.17, 15) is 15.0 Å². The standard InChI is InChI=1S/C28H47N3O6Si2/c1-27(2,3)38(7,8)35-18-20-22(32)23(37-39(9,10)28(4,5)6)25(36-20)31-17-16-21(30-26(31)34)29-24(33)19-14-12-11-13-15-19/h11-17,20,22-23,25-26,32,34H,18H2,1-10H3,(H,29,30,33)/t20-,22?,23?,25-,26?/m1/s1. The van der Waals surface area contributed by atoms with Crippen molar-refractivity contribution in [3.63, 3.8) is 0 Å². The minimum atomic E-state index is -2.33. The van der Waals surface area contributed by atoms with E-state index in [4.69, 9.17) is 13.6 Å². The monoisotopic (exact) mass is 577 g/mol. The number of aliphatic hydroxyl groups excluding tert-OH is 2. The van der Waals surface area contributed by atoms with E-state index in [2.05, 4.69) is 78.0 Å². The van der Waals surface area contributed by atoms with Crippen molar-refractivity contribution < 1.29 is 28.6 Å². The van der Waals surface area contributed by atoms with E-state index in [0.29, 0.717) is 5.56 Å². The minimum Gasteiger partial charge on any atom is -0.414 e. The van der Waals surface area contributed by atoms with Gasteiger partial charge in [0.1, 0.15) is 24.1 Å². The summed E-state index contributed by atoms with van der Waals surface area (Å²) in [6.07, 6.45) is -1.25. The van der Waals surface area contributed by atoms with Crippen LogP contribution in [-0.4, -0.2) is 81.0 Å². The molecule has 39 heavy (non-hydrogen) atoms. The maximum Gasteiger partial charge on any atom is 0.256 e. The third-order valence-corrected chi connectivity index (χ3v) is 17.4. The summed E-state index contributed by atoms with van der Waals surface area (Å²) in [7, 11) is -4.42. The summed E-state index contributed by atoms with van der Waals surface area (Å²) < 4.78 is 19.4. The van der Waals surface area contributed by atoms with Crippen LogP contribution in [0.25, 0.3) is 0 Å². The molecule has 11 heteroatoms. The predicted octanol–water partition coefficient (Wildman–Crippen LogP) is 4.42. The second-order valence-corrected chi connectivity index (χ2v) is 23.0. The van der Waals surface area contributed by atoms with Crippen molar-refractivity contribution in [1.29, 1.82) is 0 Å². The van der Waals surface area contributed by atoms with E-state index in [1.165, 1.54) is 4.90 Å². The summed E-state index contributed by atoms with van der Waals surface area (Å²) in [5, 5.41) is 25.1. The van der Waals surface area contributed by atoms with Crippen molar-refractivity contribution in [2.24, 2.45) is 4.99 Å². The third-order valence-electron chi connectivity index (χ3n) is 8.46. The van der Waals surface area contributed by atoms with Gasteiger partial charge in [0, 0.05) is 11.8 Å². The van der Waals surface area contributed by atoms with E-state index in [-0.39, 0.29) is 28.4 Å². The van der Waals surface area contributed by atoms with Crippen molar-refractivity contribution in [1.82, 2.24) is 10.2 Å². The van der Waals surface area contributed by atoms with Crippen LogP contribution in [0.5, 0.6) is 0 Å². The van der Waals surface area contributed by atoms with Gasteiger partial charge in [-0.1, -0.05) is 59.7 Å². The van der Waals surface area contributed by atoms with Gasteiger partial charge in [-0.15, -0.1) is 0 Å². The van der Waals surface area contributed by atoms with Gasteiger partial charge < -0.3 is 34.0 Å². The zero-order valence-electron chi connectivity index (χ0n) is 25.1. The van der Waals surface area contributed by atoms with Gasteiger partial charge in [-0.3, -0.25) is 4.79 Å². The van der Waals surface area contributed by atoms with Gasteiger partial charge in [0.25, 0.3) is 5.91 Å². The first kappa shape index (κ1) is 31.7. The molecule has 1 saturated heterocycles. The van der Waals surface area contributed by atoms with Gasteiger partial charge in [-0.2, -0.15) is 0 Å². The summed E-state index contributed by atoms with van der Waals surface area (Å²) >= 11 is 0. The van der Waals surface area contributed by atoms with Crippen molar-refractivity contribution in [3.05, 3.63) is 48.2 Å². The maximum absolute atomic E-state index is 12.6. The molecule has 5 atom stereocenters. The Balaban J connectivity index is 1.81. The van der Waals surface area contributed by atoms with E-state index in [0.717, 1.165) is 0 Å². The summed E-state index contributed by atoms with van der Waals surface area (Å²) in [5.41, 5.74) is 0.486. The van der Waals surface area contributed by atoms with Gasteiger partial charge in [-0.05, 0) is 54.5 Å². The highest BCUT2D eigenvalue weighted by Crippen LogP contribution is 2.41. The SMILES string of the molecule is CC(C)(C)[Si](C)(C)OC[C@H]1O[C@@H](N2C=CC(NC(=O)c3ccccc3)=NC2O)C(O[Si](C)(C)C(C)(C)C)C1O. The lowest BCUT2D eigenvalue weighted by atomic mass is 10.1. The Kier molecular flexibility index (Phi) is 9.38. The molecule has 0 radical (unpaired) electrons. The molecule has 1 fully saturated rings. The summed E-state index contributed by atoms with van der Waals surface area (Å²) in [5.74, 6) is -0.0972. The second kappa shape index (κ2) is 11.6. The highest BCUT2D eigenvalue weighted by Gasteiger charge is 2.53. The van der Waals surface area contributed by atoms with Crippen molar-refractivity contribution >= 4 is 28.4 Å². The lowest BCUT2D eigenvalue weighted by molar-refractivity contribution is -0.127. The molecule has 1 aromatic carbocycles. The van der Waals surface area contributed by atoms with Gasteiger partial charge in [-0.25, -0.2) is 4.99 Å². The van der Waals surface area contributed by atoms with Crippen LogP contribution in [0.4, 0.5) is 0 Å². The molecule has 3 rings (SSSR count).